The van der Waals surface area contributed by atoms with Gasteiger partial charge in [-0.3, -0.25) is 9.59 Å². The van der Waals surface area contributed by atoms with Gasteiger partial charge in [0.25, 0.3) is 5.91 Å². The van der Waals surface area contributed by atoms with Gasteiger partial charge < -0.3 is 10.6 Å². The number of benzene rings is 2. The number of carbonyl (C=O) groups is 2. The lowest BCUT2D eigenvalue weighted by Crippen LogP contribution is -2.36. The molecule has 26 heavy (non-hydrogen) atoms. The summed E-state index contributed by atoms with van der Waals surface area (Å²) in [6.45, 7) is 1.39. The Morgan fingerprint density at radius 3 is 2.04 bits per heavy atom. The van der Waals surface area contributed by atoms with Crippen LogP contribution in [0.1, 0.15) is 40.7 Å². The van der Waals surface area contributed by atoms with E-state index < -0.39 is 5.91 Å². The summed E-state index contributed by atoms with van der Waals surface area (Å²) in [6, 6.07) is 16.2. The van der Waals surface area contributed by atoms with E-state index >= 15 is 0 Å². The minimum Gasteiger partial charge on any atom is -0.366 e. The summed E-state index contributed by atoms with van der Waals surface area (Å²) in [4.78, 5) is 27.0. The van der Waals surface area contributed by atoms with Gasteiger partial charge in [0.05, 0.1) is 10.6 Å². The molecule has 5 heteroatoms. The summed E-state index contributed by atoms with van der Waals surface area (Å²) in [5.74, 6) is -0.741. The second kappa shape index (κ2) is 8.19. The smallest absolute Gasteiger partial charge is 0.256 e. The van der Waals surface area contributed by atoms with Gasteiger partial charge in [-0.15, -0.1) is 0 Å². The van der Waals surface area contributed by atoms with E-state index in [9.17, 15) is 9.59 Å². The normalized spacial score (nSPS) is 15.3. The molecule has 0 bridgehead atoms. The van der Waals surface area contributed by atoms with Crippen molar-refractivity contribution < 1.29 is 9.59 Å². The average Bonchev–Trinajstić information content (AvgIpc) is 2.69. The third-order valence-electron chi connectivity index (χ3n) is 4.57. The number of primary amides is 1. The Bertz CT molecular complexity index is 840. The number of piperidine rings is 1. The van der Waals surface area contributed by atoms with Crippen LogP contribution < -0.4 is 5.73 Å². The lowest BCUT2D eigenvalue weighted by molar-refractivity contribution is -0.125. The molecule has 134 valence electrons. The van der Waals surface area contributed by atoms with E-state index in [1.165, 1.54) is 0 Å². The molecule has 0 saturated carbocycles. The van der Waals surface area contributed by atoms with Crippen molar-refractivity contribution in [3.63, 3.8) is 0 Å². The molecule has 2 N–H and O–H groups in total. The van der Waals surface area contributed by atoms with E-state index in [0.717, 1.165) is 24.8 Å². The number of nitrogens with zero attached hydrogens (tertiary/aromatic N) is 1. The fourth-order valence-electron chi connectivity index (χ4n) is 3.23. The molecule has 4 nitrogen and oxygen atoms in total. The summed E-state index contributed by atoms with van der Waals surface area (Å²) in [5, 5.41) is 0.329. The highest BCUT2D eigenvalue weighted by Crippen LogP contribution is 2.33. The Balaban J connectivity index is 2.17. The minimum absolute atomic E-state index is 0.160. The molecule has 1 heterocycles. The van der Waals surface area contributed by atoms with Crippen LogP contribution in [-0.2, 0) is 4.79 Å². The number of carbonyl (C=O) groups excluding carboxylic acids is 2. The van der Waals surface area contributed by atoms with Crippen LogP contribution in [0, 0.1) is 0 Å². The molecule has 0 unspecified atom stereocenters. The highest BCUT2D eigenvalue weighted by molar-refractivity contribution is 6.57. The zero-order valence-electron chi connectivity index (χ0n) is 14.5. The van der Waals surface area contributed by atoms with Gasteiger partial charge in [0.2, 0.25) is 5.91 Å². The predicted octanol–water partition coefficient (Wildman–Crippen LogP) is 3.91. The molecule has 0 aromatic heterocycles. The Labute approximate surface area is 158 Å². The van der Waals surface area contributed by atoms with Gasteiger partial charge in [-0.2, -0.15) is 0 Å². The number of hydrogen-bond donors (Lipinski definition) is 1. The molecule has 1 fully saturated rings. The third-order valence-corrected chi connectivity index (χ3v) is 4.97. The average molecular weight is 369 g/mol. The van der Waals surface area contributed by atoms with Crippen molar-refractivity contribution in [1.29, 1.82) is 0 Å². The van der Waals surface area contributed by atoms with E-state index in [1.54, 1.807) is 24.3 Å². The van der Waals surface area contributed by atoms with Crippen LogP contribution >= 0.6 is 11.6 Å². The molecule has 0 radical (unpaired) electrons. The van der Waals surface area contributed by atoms with Gasteiger partial charge in [0.15, 0.2) is 0 Å². The SMILES string of the molecule is NC(=O)c1ccccc1/C(C(=O)N1CCCCC1)=C(/Cl)c1ccccc1. The van der Waals surface area contributed by atoms with Gasteiger partial charge in [-0.05, 0) is 30.9 Å². The van der Waals surface area contributed by atoms with Crippen LogP contribution in [0.2, 0.25) is 0 Å². The van der Waals surface area contributed by atoms with Crippen molar-refractivity contribution in [2.24, 2.45) is 5.73 Å². The van der Waals surface area contributed by atoms with Crippen LogP contribution in [-0.4, -0.2) is 29.8 Å². The number of likely N-dealkylation sites (tertiary alicyclic amines) is 1. The molecule has 0 spiro atoms. The number of hydrogen-bond acceptors (Lipinski definition) is 2. The van der Waals surface area contributed by atoms with E-state index in [2.05, 4.69) is 0 Å². The Morgan fingerprint density at radius 1 is 0.846 bits per heavy atom. The molecule has 0 atom stereocenters. The molecular formula is C21H21ClN2O2. The van der Waals surface area contributed by atoms with Crippen molar-refractivity contribution in [3.05, 3.63) is 71.3 Å². The number of nitrogens with two attached hydrogens (primary N) is 1. The second-order valence-electron chi connectivity index (χ2n) is 6.32. The molecule has 1 aliphatic heterocycles. The standard InChI is InChI=1S/C21H21ClN2O2/c22-19(15-9-3-1-4-10-15)18(21(26)24-13-7-2-8-14-24)16-11-5-6-12-17(16)20(23)25/h1,3-6,9-12H,2,7-8,13-14H2,(H2,23,25)/b19-18-. The van der Waals surface area contributed by atoms with Crippen molar-refractivity contribution in [3.8, 4) is 0 Å². The van der Waals surface area contributed by atoms with Crippen molar-refractivity contribution >= 4 is 34.0 Å². The first kappa shape index (κ1) is 18.2. The highest BCUT2D eigenvalue weighted by Gasteiger charge is 2.27. The molecule has 2 amide bonds. The first-order valence-electron chi connectivity index (χ1n) is 8.73. The maximum absolute atomic E-state index is 13.3. The van der Waals surface area contributed by atoms with Crippen molar-refractivity contribution in [2.75, 3.05) is 13.1 Å². The van der Waals surface area contributed by atoms with E-state index in [0.29, 0.717) is 34.8 Å². The Morgan fingerprint density at radius 2 is 1.42 bits per heavy atom. The summed E-state index contributed by atoms with van der Waals surface area (Å²) in [6.07, 6.45) is 3.06. The quantitative estimate of drug-likeness (QED) is 0.657. The maximum Gasteiger partial charge on any atom is 0.256 e. The molecular weight excluding hydrogens is 348 g/mol. The van der Waals surface area contributed by atoms with Crippen LogP contribution in [0.25, 0.3) is 10.6 Å². The summed E-state index contributed by atoms with van der Waals surface area (Å²) >= 11 is 6.68. The van der Waals surface area contributed by atoms with Crippen LogP contribution in [0.15, 0.2) is 54.6 Å². The largest absolute Gasteiger partial charge is 0.366 e. The Hall–Kier alpha value is -2.59. The van der Waals surface area contributed by atoms with Gasteiger partial charge in [-0.25, -0.2) is 0 Å². The molecule has 0 aliphatic carbocycles. The number of halogens is 1. The first-order valence-corrected chi connectivity index (χ1v) is 9.11. The van der Waals surface area contributed by atoms with Crippen molar-refractivity contribution in [1.82, 2.24) is 4.90 Å². The molecule has 2 aromatic rings. The topological polar surface area (TPSA) is 63.4 Å². The van der Waals surface area contributed by atoms with E-state index in [-0.39, 0.29) is 5.91 Å². The molecule has 2 aromatic carbocycles. The summed E-state index contributed by atoms with van der Waals surface area (Å²) in [7, 11) is 0. The fourth-order valence-corrected chi connectivity index (χ4v) is 3.54. The predicted molar refractivity (Wildman–Crippen MR) is 104 cm³/mol. The fraction of sp³-hybridized carbons (Fsp3) is 0.238. The monoisotopic (exact) mass is 368 g/mol. The van der Waals surface area contributed by atoms with Gasteiger partial charge in [0.1, 0.15) is 0 Å². The lowest BCUT2D eigenvalue weighted by Gasteiger charge is -2.28. The summed E-state index contributed by atoms with van der Waals surface area (Å²) in [5.41, 5.74) is 7.37. The molecule has 1 saturated heterocycles. The zero-order chi connectivity index (χ0) is 18.5. The van der Waals surface area contributed by atoms with Crippen LogP contribution in [0.3, 0.4) is 0 Å². The lowest BCUT2D eigenvalue weighted by atomic mass is 9.95. The van der Waals surface area contributed by atoms with E-state index in [4.69, 9.17) is 17.3 Å². The molecule has 1 aliphatic rings. The van der Waals surface area contributed by atoms with Gasteiger partial charge in [0, 0.05) is 24.2 Å². The van der Waals surface area contributed by atoms with Crippen LogP contribution in [0.5, 0.6) is 0 Å². The van der Waals surface area contributed by atoms with Crippen LogP contribution in [0.4, 0.5) is 0 Å². The maximum atomic E-state index is 13.3. The van der Waals surface area contributed by atoms with Gasteiger partial charge >= 0.3 is 0 Å². The summed E-state index contributed by atoms with van der Waals surface area (Å²) < 4.78 is 0. The number of amides is 2. The zero-order valence-corrected chi connectivity index (χ0v) is 15.2. The minimum atomic E-state index is -0.581. The Kier molecular flexibility index (Phi) is 5.74. The second-order valence-corrected chi connectivity index (χ2v) is 6.70. The molecule has 3 rings (SSSR count). The van der Waals surface area contributed by atoms with Gasteiger partial charge in [-0.1, -0.05) is 60.1 Å². The number of rotatable bonds is 4. The van der Waals surface area contributed by atoms with E-state index in [1.807, 2.05) is 35.2 Å². The van der Waals surface area contributed by atoms with Crippen molar-refractivity contribution in [2.45, 2.75) is 19.3 Å². The highest BCUT2D eigenvalue weighted by atomic mass is 35.5. The third kappa shape index (κ3) is 3.81. The first-order chi connectivity index (χ1) is 12.6.